The first-order valence-corrected chi connectivity index (χ1v) is 6.29. The SMILES string of the molecule is COC(=O)NCC(C(C)C)N1CCN(C)CC1. The summed E-state index contributed by atoms with van der Waals surface area (Å²) in [6.45, 7) is 9.39. The summed E-state index contributed by atoms with van der Waals surface area (Å²) < 4.78 is 4.61. The second-order valence-corrected chi connectivity index (χ2v) is 5.02. The van der Waals surface area contributed by atoms with Gasteiger partial charge in [-0.15, -0.1) is 0 Å². The fraction of sp³-hybridized carbons (Fsp3) is 0.917. The van der Waals surface area contributed by atoms with Crippen LogP contribution < -0.4 is 5.32 Å². The Kier molecular flexibility index (Phi) is 5.71. The van der Waals surface area contributed by atoms with Gasteiger partial charge in [-0.05, 0) is 13.0 Å². The summed E-state index contributed by atoms with van der Waals surface area (Å²) in [7, 11) is 3.55. The summed E-state index contributed by atoms with van der Waals surface area (Å²) in [5.41, 5.74) is 0. The van der Waals surface area contributed by atoms with Crippen LogP contribution in [-0.2, 0) is 4.74 Å². The first-order valence-electron chi connectivity index (χ1n) is 6.29. The van der Waals surface area contributed by atoms with Gasteiger partial charge in [0.15, 0.2) is 0 Å². The third kappa shape index (κ3) is 4.52. The van der Waals surface area contributed by atoms with Crippen LogP contribution in [0.2, 0.25) is 0 Å². The Balaban J connectivity index is 2.45. The van der Waals surface area contributed by atoms with Crippen molar-refractivity contribution in [3.8, 4) is 0 Å². The number of alkyl carbamates (subject to hydrolysis) is 1. The molecule has 0 spiro atoms. The van der Waals surface area contributed by atoms with Crippen molar-refractivity contribution in [2.24, 2.45) is 5.92 Å². The van der Waals surface area contributed by atoms with Gasteiger partial charge in [-0.25, -0.2) is 4.79 Å². The number of amides is 1. The average Bonchev–Trinajstić information content (AvgIpc) is 2.31. The van der Waals surface area contributed by atoms with Crippen LogP contribution in [0.15, 0.2) is 0 Å². The highest BCUT2D eigenvalue weighted by atomic mass is 16.5. The van der Waals surface area contributed by atoms with Crippen LogP contribution in [0, 0.1) is 5.92 Å². The maximum atomic E-state index is 11.1. The van der Waals surface area contributed by atoms with E-state index < -0.39 is 0 Å². The monoisotopic (exact) mass is 243 g/mol. The molecule has 5 nitrogen and oxygen atoms in total. The molecule has 0 aliphatic carbocycles. The van der Waals surface area contributed by atoms with Gasteiger partial charge in [0.25, 0.3) is 0 Å². The van der Waals surface area contributed by atoms with Crippen LogP contribution in [0.1, 0.15) is 13.8 Å². The third-order valence-corrected chi connectivity index (χ3v) is 3.42. The molecule has 0 aromatic carbocycles. The van der Waals surface area contributed by atoms with Gasteiger partial charge in [0.05, 0.1) is 7.11 Å². The molecule has 5 heteroatoms. The lowest BCUT2D eigenvalue weighted by atomic mass is 10.0. The number of nitrogens with zero attached hydrogens (tertiary/aromatic N) is 2. The largest absolute Gasteiger partial charge is 0.453 e. The van der Waals surface area contributed by atoms with Crippen molar-refractivity contribution >= 4 is 6.09 Å². The molecule has 1 aliphatic rings. The van der Waals surface area contributed by atoms with Gasteiger partial charge in [-0.2, -0.15) is 0 Å². The zero-order chi connectivity index (χ0) is 12.8. The highest BCUT2D eigenvalue weighted by Gasteiger charge is 2.25. The van der Waals surface area contributed by atoms with Crippen molar-refractivity contribution in [2.75, 3.05) is 46.9 Å². The zero-order valence-electron chi connectivity index (χ0n) is 11.4. The number of hydrogen-bond acceptors (Lipinski definition) is 4. The van der Waals surface area contributed by atoms with Crippen LogP contribution >= 0.6 is 0 Å². The van der Waals surface area contributed by atoms with Crippen molar-refractivity contribution < 1.29 is 9.53 Å². The fourth-order valence-electron chi connectivity index (χ4n) is 2.20. The van der Waals surface area contributed by atoms with Gasteiger partial charge in [0.1, 0.15) is 0 Å². The standard InChI is InChI=1S/C12H25N3O2/c1-10(2)11(9-13-12(16)17-4)15-7-5-14(3)6-8-15/h10-11H,5-9H2,1-4H3,(H,13,16). The predicted molar refractivity (Wildman–Crippen MR) is 68.1 cm³/mol. The van der Waals surface area contributed by atoms with Crippen LogP contribution in [0.4, 0.5) is 4.79 Å². The number of nitrogens with one attached hydrogen (secondary N) is 1. The molecule has 0 aromatic rings. The molecule has 1 heterocycles. The van der Waals surface area contributed by atoms with Crippen molar-refractivity contribution in [1.82, 2.24) is 15.1 Å². The molecule has 0 aromatic heterocycles. The van der Waals surface area contributed by atoms with E-state index in [2.05, 4.69) is 40.7 Å². The second-order valence-electron chi connectivity index (χ2n) is 5.02. The van der Waals surface area contributed by atoms with E-state index >= 15 is 0 Å². The topological polar surface area (TPSA) is 44.8 Å². The number of hydrogen-bond donors (Lipinski definition) is 1. The van der Waals surface area contributed by atoms with Crippen molar-refractivity contribution in [3.63, 3.8) is 0 Å². The zero-order valence-corrected chi connectivity index (χ0v) is 11.4. The average molecular weight is 243 g/mol. The third-order valence-electron chi connectivity index (χ3n) is 3.42. The Morgan fingerprint density at radius 1 is 1.29 bits per heavy atom. The lowest BCUT2D eigenvalue weighted by molar-refractivity contribution is 0.0860. The van der Waals surface area contributed by atoms with Gasteiger partial charge in [-0.1, -0.05) is 13.8 Å². The number of carbonyl (C=O) groups is 1. The van der Waals surface area contributed by atoms with Gasteiger partial charge in [0, 0.05) is 38.8 Å². The molecular formula is C12H25N3O2. The molecule has 1 atom stereocenters. The van der Waals surface area contributed by atoms with E-state index in [9.17, 15) is 4.79 Å². The molecule has 1 unspecified atom stereocenters. The second kappa shape index (κ2) is 6.81. The minimum absolute atomic E-state index is 0.343. The summed E-state index contributed by atoms with van der Waals surface area (Å²) in [6.07, 6.45) is -0.343. The molecular weight excluding hydrogens is 218 g/mol. The van der Waals surface area contributed by atoms with Crippen LogP contribution in [0.25, 0.3) is 0 Å². The molecule has 1 aliphatic heterocycles. The van der Waals surface area contributed by atoms with Crippen LogP contribution in [0.3, 0.4) is 0 Å². The molecule has 1 rings (SSSR count). The Hall–Kier alpha value is -0.810. The van der Waals surface area contributed by atoms with Crippen LogP contribution in [0.5, 0.6) is 0 Å². The summed E-state index contributed by atoms with van der Waals surface area (Å²) in [5.74, 6) is 0.524. The van der Waals surface area contributed by atoms with Gasteiger partial charge < -0.3 is 15.0 Å². The van der Waals surface area contributed by atoms with Crippen LogP contribution in [-0.4, -0.2) is 68.8 Å². The maximum Gasteiger partial charge on any atom is 0.406 e. The number of likely N-dealkylation sites (N-methyl/N-ethyl adjacent to an activating group) is 1. The smallest absolute Gasteiger partial charge is 0.406 e. The predicted octanol–water partition coefficient (Wildman–Crippen LogP) is 0.614. The van der Waals surface area contributed by atoms with Gasteiger partial charge in [-0.3, -0.25) is 4.90 Å². The quantitative estimate of drug-likeness (QED) is 0.786. The number of methoxy groups -OCH3 is 1. The molecule has 1 amide bonds. The Morgan fingerprint density at radius 2 is 1.88 bits per heavy atom. The van der Waals surface area contributed by atoms with Gasteiger partial charge in [0.2, 0.25) is 0 Å². The minimum atomic E-state index is -0.343. The van der Waals surface area contributed by atoms with E-state index in [1.54, 1.807) is 0 Å². The molecule has 1 fully saturated rings. The molecule has 1 N–H and O–H groups in total. The molecule has 17 heavy (non-hydrogen) atoms. The summed E-state index contributed by atoms with van der Waals surface area (Å²) in [4.78, 5) is 15.9. The van der Waals surface area contributed by atoms with E-state index in [1.165, 1.54) is 7.11 Å². The van der Waals surface area contributed by atoms with Gasteiger partial charge >= 0.3 is 6.09 Å². The van der Waals surface area contributed by atoms with Crippen molar-refractivity contribution in [1.29, 1.82) is 0 Å². The Bertz CT molecular complexity index is 238. The fourth-order valence-corrected chi connectivity index (χ4v) is 2.20. The number of rotatable bonds is 4. The number of ether oxygens (including phenoxy) is 1. The van der Waals surface area contributed by atoms with Crippen molar-refractivity contribution in [3.05, 3.63) is 0 Å². The maximum absolute atomic E-state index is 11.1. The lowest BCUT2D eigenvalue weighted by Gasteiger charge is -2.39. The molecule has 0 saturated carbocycles. The normalized spacial score (nSPS) is 20.3. The van der Waals surface area contributed by atoms with E-state index in [4.69, 9.17) is 0 Å². The summed E-state index contributed by atoms with van der Waals surface area (Å²) in [5, 5.41) is 2.81. The lowest BCUT2D eigenvalue weighted by Crippen LogP contribution is -2.54. The Morgan fingerprint density at radius 3 is 2.35 bits per heavy atom. The molecule has 0 radical (unpaired) electrons. The van der Waals surface area contributed by atoms with E-state index in [1.807, 2.05) is 0 Å². The highest BCUT2D eigenvalue weighted by Crippen LogP contribution is 2.12. The van der Waals surface area contributed by atoms with E-state index in [-0.39, 0.29) is 6.09 Å². The number of piperazine rings is 1. The molecule has 1 saturated heterocycles. The van der Waals surface area contributed by atoms with Crippen molar-refractivity contribution in [2.45, 2.75) is 19.9 Å². The summed E-state index contributed by atoms with van der Waals surface area (Å²) in [6, 6.07) is 0.391. The highest BCUT2D eigenvalue weighted by molar-refractivity contribution is 5.66. The molecule has 0 bridgehead atoms. The minimum Gasteiger partial charge on any atom is -0.453 e. The molecule has 100 valence electrons. The Labute approximate surface area is 104 Å². The van der Waals surface area contributed by atoms with E-state index in [0.717, 1.165) is 26.2 Å². The first kappa shape index (κ1) is 14.3. The number of carbonyl (C=O) groups excluding carboxylic acids is 1. The first-order chi connectivity index (χ1) is 8.04. The van der Waals surface area contributed by atoms with E-state index in [0.29, 0.717) is 18.5 Å². The summed E-state index contributed by atoms with van der Waals surface area (Å²) >= 11 is 0.